The summed E-state index contributed by atoms with van der Waals surface area (Å²) in [5.41, 5.74) is 0. The molecule has 1 atom stereocenters. The molecule has 0 aliphatic heterocycles. The van der Waals surface area contributed by atoms with Crippen molar-refractivity contribution in [2.24, 2.45) is 0 Å². The molecule has 1 aromatic heterocycles. The summed E-state index contributed by atoms with van der Waals surface area (Å²) >= 11 is 1.89. The zero-order chi connectivity index (χ0) is 13.8. The Kier molecular flexibility index (Phi) is 9.74. The lowest BCUT2D eigenvalue weighted by Gasteiger charge is -2.17. The zero-order valence-electron chi connectivity index (χ0n) is 12.4. The summed E-state index contributed by atoms with van der Waals surface area (Å²) in [6, 6.07) is 5.12. The fourth-order valence-electron chi connectivity index (χ4n) is 2.47. The highest BCUT2D eigenvalue weighted by Crippen LogP contribution is 2.15. The largest absolute Gasteiger partial charge is 0.314 e. The van der Waals surface area contributed by atoms with Crippen molar-refractivity contribution in [3.63, 3.8) is 0 Å². The lowest BCUT2D eigenvalue weighted by atomic mass is 10.0. The van der Waals surface area contributed by atoms with Crippen LogP contribution in [0.2, 0.25) is 0 Å². The van der Waals surface area contributed by atoms with Gasteiger partial charge in [-0.1, -0.05) is 31.9 Å². The van der Waals surface area contributed by atoms with Crippen molar-refractivity contribution in [1.29, 1.82) is 0 Å². The minimum absolute atomic E-state index is 0.716. The van der Waals surface area contributed by atoms with E-state index >= 15 is 0 Å². The molecule has 1 unspecified atom stereocenters. The van der Waals surface area contributed by atoms with Gasteiger partial charge < -0.3 is 5.32 Å². The van der Waals surface area contributed by atoms with Gasteiger partial charge in [-0.2, -0.15) is 0 Å². The van der Waals surface area contributed by atoms with E-state index in [9.17, 15) is 0 Å². The van der Waals surface area contributed by atoms with Gasteiger partial charge in [0.2, 0.25) is 0 Å². The molecule has 0 bridgehead atoms. The van der Waals surface area contributed by atoms with Gasteiger partial charge in [-0.3, -0.25) is 0 Å². The molecule has 19 heavy (non-hydrogen) atoms. The smallest absolute Gasteiger partial charge is 0.00670 e. The summed E-state index contributed by atoms with van der Waals surface area (Å²) in [5, 5.41) is 5.81. The fourth-order valence-corrected chi connectivity index (χ4v) is 3.22. The normalized spacial score (nSPS) is 12.5. The van der Waals surface area contributed by atoms with E-state index in [4.69, 9.17) is 0 Å². The van der Waals surface area contributed by atoms with Gasteiger partial charge in [-0.05, 0) is 56.5 Å². The maximum atomic E-state index is 3.78. The summed E-state index contributed by atoms with van der Waals surface area (Å²) < 4.78 is 0. The molecule has 0 saturated carbocycles. The predicted molar refractivity (Wildman–Crippen MR) is 88.0 cm³/mol. The molecular formula is C17H29NS. The summed E-state index contributed by atoms with van der Waals surface area (Å²) in [5.74, 6) is 0. The maximum Gasteiger partial charge on any atom is 0.00670 e. The number of thiophene rings is 1. The molecule has 0 amide bonds. The van der Waals surface area contributed by atoms with Crippen LogP contribution >= 0.6 is 11.3 Å². The molecule has 0 spiro atoms. The zero-order valence-corrected chi connectivity index (χ0v) is 13.2. The number of aryl methyl sites for hydroxylation is 1. The minimum atomic E-state index is 0.716. The first-order chi connectivity index (χ1) is 9.36. The van der Waals surface area contributed by atoms with Crippen LogP contribution in [-0.2, 0) is 6.42 Å². The Morgan fingerprint density at radius 3 is 2.79 bits per heavy atom. The number of allylic oxidation sites excluding steroid dienone is 1. The average molecular weight is 279 g/mol. The second-order valence-corrected chi connectivity index (χ2v) is 6.19. The van der Waals surface area contributed by atoms with Gasteiger partial charge in [0.1, 0.15) is 0 Å². The second-order valence-electron chi connectivity index (χ2n) is 5.15. The molecule has 0 aliphatic rings. The van der Waals surface area contributed by atoms with Crippen LogP contribution in [0.4, 0.5) is 0 Å². The number of hydrogen-bond acceptors (Lipinski definition) is 2. The third kappa shape index (κ3) is 8.22. The molecule has 1 aromatic rings. The van der Waals surface area contributed by atoms with Crippen molar-refractivity contribution in [3.05, 3.63) is 35.0 Å². The van der Waals surface area contributed by atoms with Gasteiger partial charge in [0.15, 0.2) is 0 Å². The molecule has 0 fully saturated rings. The van der Waals surface area contributed by atoms with Crippen LogP contribution < -0.4 is 5.32 Å². The third-order valence-corrected chi connectivity index (χ3v) is 4.45. The highest BCUT2D eigenvalue weighted by atomic mass is 32.1. The van der Waals surface area contributed by atoms with Crippen LogP contribution in [0, 0.1) is 0 Å². The molecule has 1 heterocycles. The van der Waals surface area contributed by atoms with E-state index < -0.39 is 0 Å². The summed E-state index contributed by atoms with van der Waals surface area (Å²) in [4.78, 5) is 1.53. The van der Waals surface area contributed by atoms with Gasteiger partial charge >= 0.3 is 0 Å². The average Bonchev–Trinajstić information content (AvgIpc) is 2.91. The summed E-state index contributed by atoms with van der Waals surface area (Å²) in [6.07, 6.45) is 12.4. The van der Waals surface area contributed by atoms with Gasteiger partial charge in [-0.25, -0.2) is 0 Å². The summed E-state index contributed by atoms with van der Waals surface area (Å²) in [7, 11) is 0. The number of rotatable bonds is 12. The molecule has 2 heteroatoms. The Morgan fingerprint density at radius 1 is 1.26 bits per heavy atom. The first kappa shape index (κ1) is 16.5. The Bertz CT molecular complexity index is 305. The van der Waals surface area contributed by atoms with Crippen LogP contribution in [0.1, 0.15) is 56.7 Å². The number of unbranched alkanes of at least 4 members (excludes halogenated alkanes) is 3. The van der Waals surface area contributed by atoms with Gasteiger partial charge in [0.05, 0.1) is 0 Å². The van der Waals surface area contributed by atoms with Crippen LogP contribution in [-0.4, -0.2) is 12.6 Å². The van der Waals surface area contributed by atoms with E-state index in [1.54, 1.807) is 0 Å². The molecule has 1 rings (SSSR count). The Hall–Kier alpha value is -0.600. The van der Waals surface area contributed by atoms with Gasteiger partial charge in [0.25, 0.3) is 0 Å². The fraction of sp³-hybridized carbons (Fsp3) is 0.647. The van der Waals surface area contributed by atoms with E-state index in [-0.39, 0.29) is 0 Å². The Labute approximate surface area is 123 Å². The highest BCUT2D eigenvalue weighted by Gasteiger charge is 2.07. The van der Waals surface area contributed by atoms with Crippen molar-refractivity contribution >= 4 is 11.3 Å². The van der Waals surface area contributed by atoms with E-state index in [1.807, 2.05) is 17.4 Å². The van der Waals surface area contributed by atoms with Crippen LogP contribution in [0.5, 0.6) is 0 Å². The molecule has 1 nitrogen and oxygen atoms in total. The first-order valence-corrected chi connectivity index (χ1v) is 8.61. The monoisotopic (exact) mass is 279 g/mol. The SMILES string of the molecule is C=CCCCCCC(CCCc1cccs1)NCC. The van der Waals surface area contributed by atoms with Crippen LogP contribution in [0.15, 0.2) is 30.2 Å². The minimum Gasteiger partial charge on any atom is -0.314 e. The molecule has 0 radical (unpaired) electrons. The Morgan fingerprint density at radius 2 is 2.11 bits per heavy atom. The van der Waals surface area contributed by atoms with E-state index in [1.165, 1.54) is 56.2 Å². The lowest BCUT2D eigenvalue weighted by molar-refractivity contribution is 0.432. The first-order valence-electron chi connectivity index (χ1n) is 7.73. The molecule has 0 saturated heterocycles. The topological polar surface area (TPSA) is 12.0 Å². The number of nitrogens with one attached hydrogen (secondary N) is 1. The lowest BCUT2D eigenvalue weighted by Crippen LogP contribution is -2.28. The molecule has 0 aromatic carbocycles. The van der Waals surface area contributed by atoms with Crippen molar-refractivity contribution in [3.8, 4) is 0 Å². The van der Waals surface area contributed by atoms with E-state index in [0.717, 1.165) is 6.54 Å². The van der Waals surface area contributed by atoms with E-state index in [2.05, 4.69) is 36.3 Å². The van der Waals surface area contributed by atoms with Crippen molar-refractivity contribution in [2.45, 2.75) is 64.3 Å². The maximum absolute atomic E-state index is 3.78. The second kappa shape index (κ2) is 11.2. The summed E-state index contributed by atoms with van der Waals surface area (Å²) in [6.45, 7) is 7.08. The van der Waals surface area contributed by atoms with Crippen molar-refractivity contribution in [2.75, 3.05) is 6.54 Å². The van der Waals surface area contributed by atoms with Crippen molar-refractivity contribution in [1.82, 2.24) is 5.32 Å². The standard InChI is InChI=1S/C17H29NS/c1-3-5-6-7-8-11-16(18-4-2)12-9-13-17-14-10-15-19-17/h3,10,14-16,18H,1,4-9,11-13H2,2H3. The number of hydrogen-bond donors (Lipinski definition) is 1. The molecular weight excluding hydrogens is 250 g/mol. The van der Waals surface area contributed by atoms with Crippen LogP contribution in [0.3, 0.4) is 0 Å². The van der Waals surface area contributed by atoms with E-state index in [0.29, 0.717) is 6.04 Å². The quantitative estimate of drug-likeness (QED) is 0.410. The molecule has 0 aliphatic carbocycles. The molecule has 1 N–H and O–H groups in total. The highest BCUT2D eigenvalue weighted by molar-refractivity contribution is 7.09. The van der Waals surface area contributed by atoms with Gasteiger partial charge in [-0.15, -0.1) is 17.9 Å². The predicted octanol–water partition coefficient (Wildman–Crippen LogP) is 5.19. The van der Waals surface area contributed by atoms with Crippen LogP contribution in [0.25, 0.3) is 0 Å². The van der Waals surface area contributed by atoms with Crippen molar-refractivity contribution < 1.29 is 0 Å². The Balaban J connectivity index is 2.10. The van der Waals surface area contributed by atoms with Gasteiger partial charge in [0, 0.05) is 10.9 Å². The molecule has 108 valence electrons. The third-order valence-electron chi connectivity index (χ3n) is 3.51.